The summed E-state index contributed by atoms with van der Waals surface area (Å²) in [7, 11) is -9.96. The standard InChI is InChI=1S/C81H144O17P2/c1-5-9-13-17-21-25-29-33-36-37-40-43-46-50-54-58-62-66-79(84)92-72-77(98-81(86)68-64-60-56-52-48-44-39-35-31-27-23-19-15-11-7-3)74-96-100(89,90)94-70-75(82)69-93-99(87,88)95-73-76(97-80(85)67-63-59-55-51-47-41-32-28-24-20-16-12-8-4)71-91-78(83)65-61-57-53-49-45-42-38-34-30-26-22-18-14-10-6-2/h21,25-26,28,30,32-33,35-36,39-40,43,50,54,75-77,82H,5-20,22-24,27,29,31,34,37-38,41-42,44-49,51-53,55-74H2,1-4H3,(H,87,88)(H,89,90)/b25-21-,30-26-,32-28-,36-33-,39-35-,43-40-,54-50-/t75-,76+,77+/m0/s1. The number of aliphatic hydroxyl groups is 1. The van der Waals surface area contributed by atoms with Crippen LogP contribution in [0.2, 0.25) is 0 Å². The molecule has 2 unspecified atom stereocenters. The van der Waals surface area contributed by atoms with Gasteiger partial charge in [0.2, 0.25) is 0 Å². The molecule has 0 aliphatic heterocycles. The van der Waals surface area contributed by atoms with E-state index in [-0.39, 0.29) is 25.7 Å². The molecule has 19 heteroatoms. The quantitative estimate of drug-likeness (QED) is 0.0169. The number of aliphatic hydroxyl groups excluding tert-OH is 1. The fraction of sp³-hybridized carbons (Fsp3) is 0.778. The summed E-state index contributed by atoms with van der Waals surface area (Å²) in [5.74, 6) is -2.24. The van der Waals surface area contributed by atoms with Crippen LogP contribution in [0.4, 0.5) is 0 Å². The number of phosphoric acid groups is 2. The Morgan fingerprint density at radius 1 is 0.280 bits per heavy atom. The van der Waals surface area contributed by atoms with Crippen LogP contribution in [0.25, 0.3) is 0 Å². The lowest BCUT2D eigenvalue weighted by Crippen LogP contribution is -2.30. The zero-order chi connectivity index (χ0) is 73.2. The van der Waals surface area contributed by atoms with Crippen molar-refractivity contribution in [2.45, 2.75) is 367 Å². The third-order valence-electron chi connectivity index (χ3n) is 16.8. The van der Waals surface area contributed by atoms with Gasteiger partial charge in [0.05, 0.1) is 26.4 Å². The van der Waals surface area contributed by atoms with Gasteiger partial charge in [-0.15, -0.1) is 0 Å². The minimum atomic E-state index is -4.99. The highest BCUT2D eigenvalue weighted by Gasteiger charge is 2.30. The van der Waals surface area contributed by atoms with Gasteiger partial charge < -0.3 is 33.8 Å². The number of hydrogen-bond acceptors (Lipinski definition) is 15. The van der Waals surface area contributed by atoms with E-state index >= 15 is 0 Å². The Labute approximate surface area is 608 Å². The first kappa shape index (κ1) is 96.2. The Morgan fingerprint density at radius 3 is 0.830 bits per heavy atom. The summed E-state index contributed by atoms with van der Waals surface area (Å²) in [6.07, 6.45) is 75.7. The van der Waals surface area contributed by atoms with Crippen molar-refractivity contribution in [3.63, 3.8) is 0 Å². The van der Waals surface area contributed by atoms with Crippen LogP contribution in [0.5, 0.6) is 0 Å². The molecule has 100 heavy (non-hydrogen) atoms. The Morgan fingerprint density at radius 2 is 0.500 bits per heavy atom. The number of carbonyl (C=O) groups excluding carboxylic acids is 4. The van der Waals surface area contributed by atoms with Crippen molar-refractivity contribution in [2.24, 2.45) is 0 Å². The second-order valence-electron chi connectivity index (χ2n) is 26.6. The lowest BCUT2D eigenvalue weighted by molar-refractivity contribution is -0.161. The molecule has 0 aliphatic rings. The largest absolute Gasteiger partial charge is 0.472 e. The SMILES string of the molecule is CCCCC/C=C\C/C=C\C/C=C\C/C=C\CCCC(=O)OC[C@H](COP(=O)(O)OC[C@@H](O)COP(=O)(O)OC[C@@H](COC(=O)CCCCCCCCC/C=C\CCCCCC)OC(=O)CCCCCCC/C=C\CCCCCC)OC(=O)CCCCCCC/C=C\CCCCCCCC. The molecule has 0 rings (SSSR count). The second kappa shape index (κ2) is 73.5. The van der Waals surface area contributed by atoms with E-state index < -0.39 is 97.5 Å². The third kappa shape index (κ3) is 72.6. The second-order valence-corrected chi connectivity index (χ2v) is 29.5. The van der Waals surface area contributed by atoms with Crippen LogP contribution in [-0.4, -0.2) is 96.7 Å². The summed E-state index contributed by atoms with van der Waals surface area (Å²) in [5, 5.41) is 10.6. The monoisotopic (exact) mass is 1450 g/mol. The summed E-state index contributed by atoms with van der Waals surface area (Å²) in [5.41, 5.74) is 0. The molecule has 0 heterocycles. The summed E-state index contributed by atoms with van der Waals surface area (Å²) in [6.45, 7) is 4.77. The number of unbranched alkanes of at least 4 members (excludes halogenated alkanes) is 35. The van der Waals surface area contributed by atoms with Gasteiger partial charge in [0.25, 0.3) is 0 Å². The molecular formula is C81H144O17P2. The normalized spacial score (nSPS) is 14.3. The molecule has 5 atom stereocenters. The fourth-order valence-electron chi connectivity index (χ4n) is 10.7. The van der Waals surface area contributed by atoms with Crippen LogP contribution < -0.4 is 0 Å². The molecule has 0 fully saturated rings. The molecule has 0 spiro atoms. The fourth-order valence-corrected chi connectivity index (χ4v) is 12.2. The topological polar surface area (TPSA) is 237 Å². The van der Waals surface area contributed by atoms with E-state index in [9.17, 15) is 43.2 Å². The van der Waals surface area contributed by atoms with Crippen LogP contribution in [0.1, 0.15) is 349 Å². The van der Waals surface area contributed by atoms with Gasteiger partial charge in [-0.1, -0.05) is 267 Å². The summed E-state index contributed by atoms with van der Waals surface area (Å²) in [6, 6.07) is 0. The first-order chi connectivity index (χ1) is 48.7. The molecular weight excluding hydrogens is 1310 g/mol. The van der Waals surface area contributed by atoms with Gasteiger partial charge in [0.1, 0.15) is 19.3 Å². The van der Waals surface area contributed by atoms with Gasteiger partial charge in [-0.3, -0.25) is 37.3 Å². The third-order valence-corrected chi connectivity index (χ3v) is 18.7. The zero-order valence-electron chi connectivity index (χ0n) is 63.4. The van der Waals surface area contributed by atoms with Gasteiger partial charge in [-0.2, -0.15) is 0 Å². The summed E-state index contributed by atoms with van der Waals surface area (Å²) >= 11 is 0. The molecule has 0 bridgehead atoms. The highest BCUT2D eigenvalue weighted by molar-refractivity contribution is 7.47. The maximum atomic E-state index is 13.1. The molecule has 580 valence electrons. The Balaban J connectivity index is 5.39. The molecule has 0 saturated heterocycles. The van der Waals surface area contributed by atoms with Gasteiger partial charge in [0.15, 0.2) is 12.2 Å². The van der Waals surface area contributed by atoms with Crippen molar-refractivity contribution in [3.05, 3.63) is 85.1 Å². The van der Waals surface area contributed by atoms with E-state index in [0.717, 1.165) is 141 Å². The minimum Gasteiger partial charge on any atom is -0.462 e. The molecule has 17 nitrogen and oxygen atoms in total. The summed E-state index contributed by atoms with van der Waals surface area (Å²) < 4.78 is 68.5. The number of carbonyl (C=O) groups is 4. The molecule has 0 aromatic carbocycles. The van der Waals surface area contributed by atoms with Crippen molar-refractivity contribution < 1.29 is 80.2 Å². The van der Waals surface area contributed by atoms with E-state index in [4.69, 9.17) is 37.0 Å². The van der Waals surface area contributed by atoms with Gasteiger partial charge in [-0.25, -0.2) is 9.13 Å². The highest BCUT2D eigenvalue weighted by atomic mass is 31.2. The molecule has 3 N–H and O–H groups in total. The van der Waals surface area contributed by atoms with Gasteiger partial charge in [0, 0.05) is 25.7 Å². The minimum absolute atomic E-state index is 0.0748. The highest BCUT2D eigenvalue weighted by Crippen LogP contribution is 2.45. The van der Waals surface area contributed by atoms with E-state index in [1.807, 2.05) is 12.2 Å². The first-order valence-electron chi connectivity index (χ1n) is 39.8. The van der Waals surface area contributed by atoms with E-state index in [0.29, 0.717) is 32.1 Å². The molecule has 0 amide bonds. The summed E-state index contributed by atoms with van der Waals surface area (Å²) in [4.78, 5) is 72.9. The number of allylic oxidation sites excluding steroid dienone is 14. The zero-order valence-corrected chi connectivity index (χ0v) is 65.2. The number of hydrogen-bond donors (Lipinski definition) is 3. The maximum absolute atomic E-state index is 13.1. The maximum Gasteiger partial charge on any atom is 0.472 e. The van der Waals surface area contributed by atoms with Crippen LogP contribution >= 0.6 is 15.6 Å². The van der Waals surface area contributed by atoms with E-state index in [1.165, 1.54) is 122 Å². The molecule has 0 aliphatic carbocycles. The molecule has 0 aromatic rings. The van der Waals surface area contributed by atoms with Crippen molar-refractivity contribution in [1.29, 1.82) is 0 Å². The Hall–Kier alpha value is -3.76. The predicted molar refractivity (Wildman–Crippen MR) is 409 cm³/mol. The lowest BCUT2D eigenvalue weighted by atomic mass is 10.1. The van der Waals surface area contributed by atoms with E-state index in [2.05, 4.69) is 101 Å². The number of rotatable bonds is 75. The van der Waals surface area contributed by atoms with Gasteiger partial charge >= 0.3 is 39.5 Å². The molecule has 0 saturated carbocycles. The van der Waals surface area contributed by atoms with Crippen molar-refractivity contribution in [2.75, 3.05) is 39.6 Å². The number of ether oxygens (including phenoxy) is 4. The van der Waals surface area contributed by atoms with Crippen molar-refractivity contribution in [1.82, 2.24) is 0 Å². The van der Waals surface area contributed by atoms with Crippen molar-refractivity contribution >= 4 is 39.5 Å². The van der Waals surface area contributed by atoms with E-state index in [1.54, 1.807) is 0 Å². The number of phosphoric ester groups is 2. The average Bonchev–Trinajstić information content (AvgIpc) is 1.06. The molecule has 0 aromatic heterocycles. The van der Waals surface area contributed by atoms with Crippen LogP contribution in [-0.2, 0) is 65.4 Å². The van der Waals surface area contributed by atoms with Crippen molar-refractivity contribution in [3.8, 4) is 0 Å². The smallest absolute Gasteiger partial charge is 0.462 e. The predicted octanol–water partition coefficient (Wildman–Crippen LogP) is 23.0. The first-order valence-corrected chi connectivity index (χ1v) is 42.8. The Kier molecular flexibility index (Phi) is 70.8. The average molecular weight is 1450 g/mol. The van der Waals surface area contributed by atoms with Crippen LogP contribution in [0.15, 0.2) is 85.1 Å². The van der Waals surface area contributed by atoms with Crippen LogP contribution in [0, 0.1) is 0 Å². The van der Waals surface area contributed by atoms with Crippen LogP contribution in [0.3, 0.4) is 0 Å². The lowest BCUT2D eigenvalue weighted by Gasteiger charge is -2.21. The van der Waals surface area contributed by atoms with Gasteiger partial charge in [-0.05, 0) is 141 Å². The number of esters is 4. The molecule has 0 radical (unpaired) electrons. The Bertz CT molecular complexity index is 2230.